The van der Waals surface area contributed by atoms with Crippen LogP contribution in [0.15, 0.2) is 18.2 Å². The quantitative estimate of drug-likeness (QED) is 0.891. The van der Waals surface area contributed by atoms with Gasteiger partial charge in [0.2, 0.25) is 0 Å². The second kappa shape index (κ2) is 6.94. The lowest BCUT2D eigenvalue weighted by Crippen LogP contribution is -2.06. The molecule has 4 heteroatoms. The highest BCUT2D eigenvalue weighted by molar-refractivity contribution is 6.32. The van der Waals surface area contributed by atoms with E-state index in [2.05, 4.69) is 0 Å². The average Bonchev–Trinajstić information content (AvgIpc) is 2.10. The van der Waals surface area contributed by atoms with E-state index < -0.39 is 0 Å². The SMILES string of the molecule is CC(C)Oc1ccc(CCN)cc1Cl.Cl. The third kappa shape index (κ3) is 4.74. The molecule has 0 aliphatic carbocycles. The molecule has 0 fully saturated rings. The van der Waals surface area contributed by atoms with Crippen molar-refractivity contribution < 1.29 is 4.74 Å². The summed E-state index contributed by atoms with van der Waals surface area (Å²) in [4.78, 5) is 0. The molecule has 0 aromatic heterocycles. The van der Waals surface area contributed by atoms with Crippen molar-refractivity contribution in [1.82, 2.24) is 0 Å². The van der Waals surface area contributed by atoms with Crippen LogP contribution in [-0.4, -0.2) is 12.6 Å². The molecule has 1 aromatic rings. The molecule has 2 N–H and O–H groups in total. The number of hydrogen-bond donors (Lipinski definition) is 1. The average molecular weight is 250 g/mol. The maximum atomic E-state index is 6.04. The minimum atomic E-state index is 0. The highest BCUT2D eigenvalue weighted by atomic mass is 35.5. The van der Waals surface area contributed by atoms with Crippen LogP contribution in [0.2, 0.25) is 5.02 Å². The number of nitrogens with two attached hydrogens (primary N) is 1. The fraction of sp³-hybridized carbons (Fsp3) is 0.455. The van der Waals surface area contributed by atoms with Crippen LogP contribution in [0.25, 0.3) is 0 Å². The Morgan fingerprint density at radius 2 is 2.07 bits per heavy atom. The largest absolute Gasteiger partial charge is 0.489 e. The molecular formula is C11H17Cl2NO. The van der Waals surface area contributed by atoms with E-state index in [4.69, 9.17) is 22.1 Å². The van der Waals surface area contributed by atoms with Gasteiger partial charge in [-0.3, -0.25) is 0 Å². The summed E-state index contributed by atoms with van der Waals surface area (Å²) in [6.45, 7) is 4.59. The topological polar surface area (TPSA) is 35.2 Å². The molecular weight excluding hydrogens is 233 g/mol. The lowest BCUT2D eigenvalue weighted by atomic mass is 10.1. The molecule has 86 valence electrons. The van der Waals surface area contributed by atoms with Crippen molar-refractivity contribution in [2.45, 2.75) is 26.4 Å². The Morgan fingerprint density at radius 1 is 1.40 bits per heavy atom. The molecule has 2 nitrogen and oxygen atoms in total. The Morgan fingerprint density at radius 3 is 2.53 bits per heavy atom. The number of hydrogen-bond acceptors (Lipinski definition) is 2. The Bertz CT molecular complexity index is 303. The molecule has 15 heavy (non-hydrogen) atoms. The molecule has 0 aliphatic heterocycles. The fourth-order valence-electron chi connectivity index (χ4n) is 1.22. The zero-order valence-corrected chi connectivity index (χ0v) is 10.6. The van der Waals surface area contributed by atoms with Gasteiger partial charge in [0.15, 0.2) is 0 Å². The second-order valence-corrected chi connectivity index (χ2v) is 3.88. The standard InChI is InChI=1S/C11H16ClNO.ClH/c1-8(2)14-11-4-3-9(5-6-13)7-10(11)12;/h3-4,7-8H,5-6,13H2,1-2H3;1H. The minimum Gasteiger partial charge on any atom is -0.489 e. The van der Waals surface area contributed by atoms with Gasteiger partial charge in [-0.25, -0.2) is 0 Å². The summed E-state index contributed by atoms with van der Waals surface area (Å²) >= 11 is 6.04. The zero-order valence-electron chi connectivity index (χ0n) is 9.00. The van der Waals surface area contributed by atoms with E-state index in [9.17, 15) is 0 Å². The van der Waals surface area contributed by atoms with Crippen molar-refractivity contribution in [3.8, 4) is 5.75 Å². The maximum absolute atomic E-state index is 6.04. The number of ether oxygens (including phenoxy) is 1. The maximum Gasteiger partial charge on any atom is 0.138 e. The third-order valence-electron chi connectivity index (χ3n) is 1.79. The summed E-state index contributed by atoms with van der Waals surface area (Å²) in [5.41, 5.74) is 6.60. The lowest BCUT2D eigenvalue weighted by Gasteiger charge is -2.11. The predicted octanol–water partition coefficient (Wildman–Crippen LogP) is 3.05. The van der Waals surface area contributed by atoms with Crippen LogP contribution < -0.4 is 10.5 Å². The van der Waals surface area contributed by atoms with Gasteiger partial charge in [0.1, 0.15) is 5.75 Å². The molecule has 0 spiro atoms. The van der Waals surface area contributed by atoms with Crippen LogP contribution in [0, 0.1) is 0 Å². The molecule has 0 saturated heterocycles. The molecule has 1 aromatic carbocycles. The van der Waals surface area contributed by atoms with Gasteiger partial charge >= 0.3 is 0 Å². The first kappa shape index (κ1) is 14.6. The number of benzene rings is 1. The first-order chi connectivity index (χ1) is 6.63. The predicted molar refractivity (Wildman–Crippen MR) is 67.2 cm³/mol. The first-order valence-corrected chi connectivity index (χ1v) is 5.16. The summed E-state index contributed by atoms with van der Waals surface area (Å²) < 4.78 is 5.51. The van der Waals surface area contributed by atoms with Crippen molar-refractivity contribution in [3.63, 3.8) is 0 Å². The summed E-state index contributed by atoms with van der Waals surface area (Å²) in [6, 6.07) is 5.80. The van der Waals surface area contributed by atoms with Crippen LogP contribution in [-0.2, 0) is 6.42 Å². The van der Waals surface area contributed by atoms with Crippen molar-refractivity contribution in [3.05, 3.63) is 28.8 Å². The number of rotatable bonds is 4. The van der Waals surface area contributed by atoms with Gasteiger partial charge in [-0.05, 0) is 44.5 Å². The smallest absolute Gasteiger partial charge is 0.138 e. The van der Waals surface area contributed by atoms with E-state index in [0.29, 0.717) is 11.6 Å². The van der Waals surface area contributed by atoms with Gasteiger partial charge in [-0.2, -0.15) is 0 Å². The summed E-state index contributed by atoms with van der Waals surface area (Å²) in [7, 11) is 0. The highest BCUT2D eigenvalue weighted by Crippen LogP contribution is 2.26. The Hall–Kier alpha value is -0.440. The molecule has 1 rings (SSSR count). The van der Waals surface area contributed by atoms with Crippen LogP contribution in [0.5, 0.6) is 5.75 Å². The highest BCUT2D eigenvalue weighted by Gasteiger charge is 2.04. The lowest BCUT2D eigenvalue weighted by molar-refractivity contribution is 0.242. The molecule has 0 atom stereocenters. The van der Waals surface area contributed by atoms with Crippen LogP contribution in [0.4, 0.5) is 0 Å². The van der Waals surface area contributed by atoms with Crippen molar-refractivity contribution in [1.29, 1.82) is 0 Å². The number of halogens is 2. The van der Waals surface area contributed by atoms with E-state index in [1.165, 1.54) is 0 Å². The van der Waals surface area contributed by atoms with E-state index in [1.54, 1.807) is 0 Å². The van der Waals surface area contributed by atoms with Gasteiger partial charge < -0.3 is 10.5 Å². The Kier molecular flexibility index (Phi) is 6.73. The third-order valence-corrected chi connectivity index (χ3v) is 2.09. The van der Waals surface area contributed by atoms with E-state index in [1.807, 2.05) is 32.0 Å². The summed E-state index contributed by atoms with van der Waals surface area (Å²) in [5, 5.41) is 0.657. The first-order valence-electron chi connectivity index (χ1n) is 4.78. The van der Waals surface area contributed by atoms with Crippen LogP contribution in [0.3, 0.4) is 0 Å². The van der Waals surface area contributed by atoms with Gasteiger partial charge in [-0.1, -0.05) is 17.7 Å². The van der Waals surface area contributed by atoms with Crippen molar-refractivity contribution in [2.24, 2.45) is 5.73 Å². The molecule has 0 radical (unpaired) electrons. The monoisotopic (exact) mass is 249 g/mol. The Balaban J connectivity index is 0.00000196. The van der Waals surface area contributed by atoms with Crippen LogP contribution in [0.1, 0.15) is 19.4 Å². The molecule has 0 saturated carbocycles. The van der Waals surface area contributed by atoms with Crippen LogP contribution >= 0.6 is 24.0 Å². The van der Waals surface area contributed by atoms with E-state index >= 15 is 0 Å². The molecule has 0 bridgehead atoms. The van der Waals surface area contributed by atoms with Crippen molar-refractivity contribution >= 4 is 24.0 Å². The molecule has 0 amide bonds. The Labute approximate surface area is 102 Å². The fourth-order valence-corrected chi connectivity index (χ4v) is 1.46. The summed E-state index contributed by atoms with van der Waals surface area (Å²) in [6.07, 6.45) is 0.995. The molecule has 0 aliphatic rings. The van der Waals surface area contributed by atoms with Gasteiger partial charge in [0.25, 0.3) is 0 Å². The van der Waals surface area contributed by atoms with E-state index in [0.717, 1.165) is 17.7 Å². The zero-order chi connectivity index (χ0) is 10.6. The normalized spacial score (nSPS) is 9.93. The minimum absolute atomic E-state index is 0. The van der Waals surface area contributed by atoms with Gasteiger partial charge in [-0.15, -0.1) is 12.4 Å². The van der Waals surface area contributed by atoms with Crippen molar-refractivity contribution in [2.75, 3.05) is 6.54 Å². The van der Waals surface area contributed by atoms with Gasteiger partial charge in [0.05, 0.1) is 11.1 Å². The second-order valence-electron chi connectivity index (χ2n) is 3.47. The van der Waals surface area contributed by atoms with Gasteiger partial charge in [0, 0.05) is 0 Å². The molecule has 0 heterocycles. The summed E-state index contributed by atoms with van der Waals surface area (Å²) in [5.74, 6) is 0.738. The molecule has 0 unspecified atom stereocenters. The van der Waals surface area contributed by atoms with E-state index in [-0.39, 0.29) is 18.5 Å².